The van der Waals surface area contributed by atoms with E-state index < -0.39 is 14.8 Å². The number of anilines is 1. The molecule has 1 rings (SSSR count). The maximum atomic E-state index is 11.7. The van der Waals surface area contributed by atoms with Gasteiger partial charge in [-0.25, -0.2) is 8.42 Å². The number of hydrogen-bond donors (Lipinski definition) is 1. The summed E-state index contributed by atoms with van der Waals surface area (Å²) < 4.78 is 25.1. The molecule has 78 valence electrons. The second kappa shape index (κ2) is 3.57. The maximum absolute atomic E-state index is 11.7. The van der Waals surface area contributed by atoms with Gasteiger partial charge in [0.15, 0.2) is 0 Å². The Morgan fingerprint density at radius 3 is 2.14 bits per heavy atom. The van der Waals surface area contributed by atoms with Crippen molar-refractivity contribution in [3.63, 3.8) is 0 Å². The first-order valence-electron chi connectivity index (χ1n) is 4.25. The smallest absolute Gasteiger partial charge is 0.237 e. The minimum atomic E-state index is -3.33. The van der Waals surface area contributed by atoms with Gasteiger partial charge in [0.05, 0.1) is 10.4 Å². The van der Waals surface area contributed by atoms with Gasteiger partial charge in [0.2, 0.25) is 10.0 Å². The lowest BCUT2D eigenvalue weighted by Crippen LogP contribution is -2.33. The highest BCUT2D eigenvalue weighted by Crippen LogP contribution is 2.18. The normalized spacial score (nSPS) is 12.5. The first-order valence-corrected chi connectivity index (χ1v) is 5.74. The standard InChI is InChI=1S/C9H14N2O2S/c1-9(2,3)14(12,13)11-8-4-6-10-7-5-8/h4-7H,1-3H3,(H,10,11). The zero-order valence-electron chi connectivity index (χ0n) is 8.48. The number of aromatic nitrogens is 1. The van der Waals surface area contributed by atoms with E-state index in [-0.39, 0.29) is 0 Å². The maximum Gasteiger partial charge on any atom is 0.237 e. The third kappa shape index (κ3) is 2.45. The fourth-order valence-corrected chi connectivity index (χ4v) is 1.48. The van der Waals surface area contributed by atoms with Gasteiger partial charge in [-0.15, -0.1) is 0 Å². The van der Waals surface area contributed by atoms with Gasteiger partial charge in [-0.2, -0.15) is 0 Å². The molecule has 0 spiro atoms. The van der Waals surface area contributed by atoms with Crippen LogP contribution in [0.5, 0.6) is 0 Å². The van der Waals surface area contributed by atoms with Gasteiger partial charge in [0.25, 0.3) is 0 Å². The van der Waals surface area contributed by atoms with Gasteiger partial charge in [0.1, 0.15) is 0 Å². The monoisotopic (exact) mass is 214 g/mol. The van der Waals surface area contributed by atoms with Crippen LogP contribution in [0.15, 0.2) is 24.5 Å². The second-order valence-corrected chi connectivity index (χ2v) is 6.39. The van der Waals surface area contributed by atoms with E-state index >= 15 is 0 Å². The highest BCUT2D eigenvalue weighted by atomic mass is 32.2. The summed E-state index contributed by atoms with van der Waals surface area (Å²) in [7, 11) is -3.33. The van der Waals surface area contributed by atoms with E-state index in [0.29, 0.717) is 5.69 Å². The molecular formula is C9H14N2O2S. The van der Waals surface area contributed by atoms with E-state index in [1.807, 2.05) is 0 Å². The molecule has 1 N–H and O–H groups in total. The lowest BCUT2D eigenvalue weighted by molar-refractivity contribution is 0.566. The van der Waals surface area contributed by atoms with Crippen molar-refractivity contribution in [3.8, 4) is 0 Å². The summed E-state index contributed by atoms with van der Waals surface area (Å²) in [5.74, 6) is 0. The van der Waals surface area contributed by atoms with E-state index in [2.05, 4.69) is 9.71 Å². The molecule has 1 aromatic rings. The molecule has 0 aromatic carbocycles. The summed E-state index contributed by atoms with van der Waals surface area (Å²) in [5.41, 5.74) is 0.537. The highest BCUT2D eigenvalue weighted by molar-refractivity contribution is 7.94. The van der Waals surface area contributed by atoms with Gasteiger partial charge >= 0.3 is 0 Å². The fourth-order valence-electron chi connectivity index (χ4n) is 0.728. The third-order valence-corrected chi connectivity index (χ3v) is 3.86. The minimum Gasteiger partial charge on any atom is -0.283 e. The Balaban J connectivity index is 2.91. The number of pyridine rings is 1. The van der Waals surface area contributed by atoms with E-state index in [1.54, 1.807) is 45.3 Å². The van der Waals surface area contributed by atoms with Crippen LogP contribution in [0.1, 0.15) is 20.8 Å². The molecule has 1 aromatic heterocycles. The number of sulfonamides is 1. The van der Waals surface area contributed by atoms with E-state index in [9.17, 15) is 8.42 Å². The summed E-state index contributed by atoms with van der Waals surface area (Å²) in [5, 5.41) is 0. The van der Waals surface area contributed by atoms with Crippen molar-refractivity contribution in [3.05, 3.63) is 24.5 Å². The molecule has 0 unspecified atom stereocenters. The molecule has 0 atom stereocenters. The molecule has 0 aliphatic carbocycles. The summed E-state index contributed by atoms with van der Waals surface area (Å²) >= 11 is 0. The molecule has 0 saturated heterocycles. The molecule has 0 aliphatic rings. The Labute approximate surface area is 84.4 Å². The molecule has 0 bridgehead atoms. The molecule has 5 heteroatoms. The predicted molar refractivity (Wildman–Crippen MR) is 56.5 cm³/mol. The minimum absolute atomic E-state index is 0.537. The topological polar surface area (TPSA) is 59.1 Å². The zero-order chi connectivity index (χ0) is 10.8. The summed E-state index contributed by atoms with van der Waals surface area (Å²) in [6, 6.07) is 3.23. The average molecular weight is 214 g/mol. The predicted octanol–water partition coefficient (Wildman–Crippen LogP) is 1.62. The van der Waals surface area contributed by atoms with Crippen LogP contribution in [0.3, 0.4) is 0 Å². The molecular weight excluding hydrogens is 200 g/mol. The van der Waals surface area contributed by atoms with Crippen molar-refractivity contribution in [2.45, 2.75) is 25.5 Å². The Morgan fingerprint density at radius 1 is 1.21 bits per heavy atom. The summed E-state index contributed by atoms with van der Waals surface area (Å²) in [4.78, 5) is 3.80. The van der Waals surface area contributed by atoms with Crippen LogP contribution in [0.4, 0.5) is 5.69 Å². The Kier molecular flexibility index (Phi) is 2.80. The van der Waals surface area contributed by atoms with Gasteiger partial charge in [-0.05, 0) is 32.9 Å². The van der Waals surface area contributed by atoms with Crippen molar-refractivity contribution in [1.82, 2.24) is 4.98 Å². The highest BCUT2D eigenvalue weighted by Gasteiger charge is 2.28. The quantitative estimate of drug-likeness (QED) is 0.813. The van der Waals surface area contributed by atoms with Crippen LogP contribution < -0.4 is 4.72 Å². The van der Waals surface area contributed by atoms with Crippen molar-refractivity contribution in [2.24, 2.45) is 0 Å². The number of nitrogens with one attached hydrogen (secondary N) is 1. The largest absolute Gasteiger partial charge is 0.283 e. The van der Waals surface area contributed by atoms with Crippen molar-refractivity contribution < 1.29 is 8.42 Å². The number of hydrogen-bond acceptors (Lipinski definition) is 3. The Bertz CT molecular complexity index is 393. The first-order chi connectivity index (χ1) is 6.33. The van der Waals surface area contributed by atoms with Gasteiger partial charge in [-0.3, -0.25) is 9.71 Å². The number of rotatable bonds is 2. The molecule has 1 heterocycles. The van der Waals surface area contributed by atoms with Crippen LogP contribution >= 0.6 is 0 Å². The molecule has 0 fully saturated rings. The van der Waals surface area contributed by atoms with Crippen molar-refractivity contribution in [2.75, 3.05) is 4.72 Å². The van der Waals surface area contributed by atoms with Crippen molar-refractivity contribution >= 4 is 15.7 Å². The summed E-state index contributed by atoms with van der Waals surface area (Å²) in [6.07, 6.45) is 3.08. The lowest BCUT2D eigenvalue weighted by Gasteiger charge is -2.20. The van der Waals surface area contributed by atoms with Crippen LogP contribution in [-0.4, -0.2) is 18.1 Å². The van der Waals surface area contributed by atoms with Gasteiger partial charge < -0.3 is 0 Å². The molecule has 0 amide bonds. The molecule has 14 heavy (non-hydrogen) atoms. The Hall–Kier alpha value is -1.10. The SMILES string of the molecule is CC(C)(C)S(=O)(=O)Nc1ccncc1. The molecule has 4 nitrogen and oxygen atoms in total. The van der Waals surface area contributed by atoms with Gasteiger partial charge in [-0.1, -0.05) is 0 Å². The fraction of sp³-hybridized carbons (Fsp3) is 0.444. The first kappa shape index (κ1) is 11.0. The van der Waals surface area contributed by atoms with E-state index in [1.165, 1.54) is 0 Å². The average Bonchev–Trinajstić information content (AvgIpc) is 2.03. The van der Waals surface area contributed by atoms with Crippen molar-refractivity contribution in [1.29, 1.82) is 0 Å². The second-order valence-electron chi connectivity index (χ2n) is 3.95. The van der Waals surface area contributed by atoms with Gasteiger partial charge in [0, 0.05) is 12.4 Å². The lowest BCUT2D eigenvalue weighted by atomic mass is 10.3. The van der Waals surface area contributed by atoms with Crippen LogP contribution in [-0.2, 0) is 10.0 Å². The summed E-state index contributed by atoms with van der Waals surface area (Å²) in [6.45, 7) is 4.95. The molecule has 0 saturated carbocycles. The zero-order valence-corrected chi connectivity index (χ0v) is 9.30. The van der Waals surface area contributed by atoms with E-state index in [0.717, 1.165) is 0 Å². The van der Waals surface area contributed by atoms with E-state index in [4.69, 9.17) is 0 Å². The van der Waals surface area contributed by atoms with Crippen LogP contribution in [0, 0.1) is 0 Å². The van der Waals surface area contributed by atoms with Crippen LogP contribution in [0.25, 0.3) is 0 Å². The van der Waals surface area contributed by atoms with Crippen LogP contribution in [0.2, 0.25) is 0 Å². The number of nitrogens with zero attached hydrogens (tertiary/aromatic N) is 1. The third-order valence-electron chi connectivity index (χ3n) is 1.74. The molecule has 0 aliphatic heterocycles. The molecule has 0 radical (unpaired) electrons. The Morgan fingerprint density at radius 2 is 1.71 bits per heavy atom.